The molecule has 2 N–H and O–H groups in total. The number of pyridine rings is 1. The maximum absolute atomic E-state index is 11.3. The van der Waals surface area contributed by atoms with Gasteiger partial charge in [0.25, 0.3) is 0 Å². The highest BCUT2D eigenvalue weighted by molar-refractivity contribution is 5.78. The maximum Gasteiger partial charge on any atom is 0.234 e. The number of carbonyl (C=O) groups is 1. The van der Waals surface area contributed by atoms with Crippen LogP contribution in [-0.4, -0.2) is 42.0 Å². The second-order valence-corrected chi connectivity index (χ2v) is 4.54. The molecule has 5 heteroatoms. The van der Waals surface area contributed by atoms with Crippen molar-refractivity contribution in [3.8, 4) is 0 Å². The molecule has 1 saturated heterocycles. The van der Waals surface area contributed by atoms with Gasteiger partial charge in [0.05, 0.1) is 6.54 Å². The van der Waals surface area contributed by atoms with Crippen LogP contribution in [0.3, 0.4) is 0 Å². The van der Waals surface area contributed by atoms with Crippen molar-refractivity contribution in [2.24, 2.45) is 0 Å². The van der Waals surface area contributed by atoms with Crippen LogP contribution in [-0.2, 0) is 11.3 Å². The number of piperazine rings is 1. The van der Waals surface area contributed by atoms with Crippen molar-refractivity contribution in [1.29, 1.82) is 0 Å². The molecule has 0 bridgehead atoms. The second kappa shape index (κ2) is 6.35. The minimum absolute atomic E-state index is 0.107. The number of anilines is 1. The highest BCUT2D eigenvalue weighted by atomic mass is 16.2. The highest BCUT2D eigenvalue weighted by Crippen LogP contribution is 2.08. The lowest BCUT2D eigenvalue weighted by Gasteiger charge is -2.26. The molecule has 0 unspecified atom stereocenters. The topological polar surface area (TPSA) is 57.3 Å². The third-order valence-electron chi connectivity index (χ3n) is 2.90. The van der Waals surface area contributed by atoms with E-state index in [0.29, 0.717) is 6.54 Å². The van der Waals surface area contributed by atoms with E-state index in [2.05, 4.69) is 33.5 Å². The Bertz CT molecular complexity index is 390. The van der Waals surface area contributed by atoms with E-state index >= 15 is 0 Å². The predicted molar refractivity (Wildman–Crippen MR) is 71.3 cm³/mol. The Morgan fingerprint density at radius 1 is 1.50 bits per heavy atom. The zero-order chi connectivity index (χ0) is 12.8. The normalized spacial score (nSPS) is 16.4. The smallest absolute Gasteiger partial charge is 0.234 e. The van der Waals surface area contributed by atoms with Crippen LogP contribution in [0.25, 0.3) is 0 Å². The Morgan fingerprint density at radius 3 is 3.06 bits per heavy atom. The van der Waals surface area contributed by atoms with Crippen molar-refractivity contribution in [1.82, 2.24) is 15.2 Å². The van der Waals surface area contributed by atoms with Crippen molar-refractivity contribution in [3.63, 3.8) is 0 Å². The van der Waals surface area contributed by atoms with Crippen LogP contribution in [0, 0.1) is 0 Å². The van der Waals surface area contributed by atoms with Gasteiger partial charge in [-0.3, -0.25) is 9.69 Å². The third-order valence-corrected chi connectivity index (χ3v) is 2.90. The van der Waals surface area contributed by atoms with E-state index in [1.807, 2.05) is 12.3 Å². The summed E-state index contributed by atoms with van der Waals surface area (Å²) in [4.78, 5) is 17.8. The van der Waals surface area contributed by atoms with E-state index in [-0.39, 0.29) is 5.91 Å². The van der Waals surface area contributed by atoms with Crippen molar-refractivity contribution >= 4 is 11.7 Å². The quantitative estimate of drug-likeness (QED) is 0.810. The molecule has 0 atom stereocenters. The van der Waals surface area contributed by atoms with Crippen LogP contribution in [0.15, 0.2) is 18.3 Å². The minimum Gasteiger partial charge on any atom is -0.370 e. The molecule has 1 aliphatic rings. The molecule has 1 aromatic rings. The Balaban J connectivity index is 1.87. The first-order valence-electron chi connectivity index (χ1n) is 6.46. The standard InChI is InChI=1S/C13H20N4O/c1-2-5-14-12-4-3-11(8-16-12)9-17-7-6-15-13(18)10-17/h3-4,8H,2,5-7,9-10H2,1H3,(H,14,16)(H,15,18). The summed E-state index contributed by atoms with van der Waals surface area (Å²) >= 11 is 0. The molecular weight excluding hydrogens is 228 g/mol. The number of amides is 1. The number of nitrogens with zero attached hydrogens (tertiary/aromatic N) is 2. The first kappa shape index (κ1) is 12.8. The third kappa shape index (κ3) is 3.70. The van der Waals surface area contributed by atoms with Gasteiger partial charge in [-0.1, -0.05) is 13.0 Å². The number of rotatable bonds is 5. The van der Waals surface area contributed by atoms with Crippen LogP contribution in [0.5, 0.6) is 0 Å². The monoisotopic (exact) mass is 248 g/mol. The van der Waals surface area contributed by atoms with Crippen molar-refractivity contribution in [3.05, 3.63) is 23.9 Å². The molecule has 1 aliphatic heterocycles. The van der Waals surface area contributed by atoms with E-state index in [9.17, 15) is 4.79 Å². The molecule has 2 heterocycles. The molecule has 0 aliphatic carbocycles. The zero-order valence-electron chi connectivity index (χ0n) is 10.8. The number of hydrogen-bond donors (Lipinski definition) is 2. The van der Waals surface area contributed by atoms with Gasteiger partial charge in [-0.05, 0) is 18.1 Å². The van der Waals surface area contributed by atoms with Gasteiger partial charge < -0.3 is 10.6 Å². The Hall–Kier alpha value is -1.62. The fourth-order valence-electron chi connectivity index (χ4n) is 1.96. The SMILES string of the molecule is CCCNc1ccc(CN2CCNC(=O)C2)cn1. The second-order valence-electron chi connectivity index (χ2n) is 4.54. The fourth-order valence-corrected chi connectivity index (χ4v) is 1.96. The summed E-state index contributed by atoms with van der Waals surface area (Å²) < 4.78 is 0. The van der Waals surface area contributed by atoms with Crippen LogP contribution in [0.4, 0.5) is 5.82 Å². The molecule has 5 nitrogen and oxygen atoms in total. The molecule has 2 rings (SSSR count). The summed E-state index contributed by atoms with van der Waals surface area (Å²) in [7, 11) is 0. The summed E-state index contributed by atoms with van der Waals surface area (Å²) in [6.45, 7) is 5.98. The molecular formula is C13H20N4O. The lowest BCUT2D eigenvalue weighted by atomic mass is 10.2. The van der Waals surface area contributed by atoms with Gasteiger partial charge >= 0.3 is 0 Å². The molecule has 1 amide bonds. The highest BCUT2D eigenvalue weighted by Gasteiger charge is 2.15. The van der Waals surface area contributed by atoms with Gasteiger partial charge in [-0.2, -0.15) is 0 Å². The predicted octanol–water partition coefficient (Wildman–Crippen LogP) is 0.835. The van der Waals surface area contributed by atoms with Gasteiger partial charge in [0, 0.05) is 32.4 Å². The molecule has 0 saturated carbocycles. The minimum atomic E-state index is 0.107. The van der Waals surface area contributed by atoms with Gasteiger partial charge in [0.2, 0.25) is 5.91 Å². The lowest BCUT2D eigenvalue weighted by Crippen LogP contribution is -2.47. The van der Waals surface area contributed by atoms with Gasteiger partial charge in [-0.15, -0.1) is 0 Å². The summed E-state index contributed by atoms with van der Waals surface area (Å²) in [5.74, 6) is 1.02. The number of nitrogens with one attached hydrogen (secondary N) is 2. The van der Waals surface area contributed by atoms with Gasteiger partial charge in [0.15, 0.2) is 0 Å². The van der Waals surface area contributed by atoms with Gasteiger partial charge in [0.1, 0.15) is 5.82 Å². The van der Waals surface area contributed by atoms with Crippen LogP contribution < -0.4 is 10.6 Å². The van der Waals surface area contributed by atoms with E-state index in [4.69, 9.17) is 0 Å². The maximum atomic E-state index is 11.3. The first-order valence-corrected chi connectivity index (χ1v) is 6.46. The van der Waals surface area contributed by atoms with Crippen LogP contribution in [0.2, 0.25) is 0 Å². The molecule has 1 aromatic heterocycles. The Kier molecular flexibility index (Phi) is 4.52. The summed E-state index contributed by atoms with van der Waals surface area (Å²) in [6.07, 6.45) is 2.97. The fraction of sp³-hybridized carbons (Fsp3) is 0.538. The molecule has 0 aromatic carbocycles. The first-order chi connectivity index (χ1) is 8.78. The number of hydrogen-bond acceptors (Lipinski definition) is 4. The molecule has 98 valence electrons. The van der Waals surface area contributed by atoms with Crippen molar-refractivity contribution in [2.45, 2.75) is 19.9 Å². The number of aromatic nitrogens is 1. The Labute approximate surface area is 108 Å². The summed E-state index contributed by atoms with van der Waals surface area (Å²) in [5.41, 5.74) is 1.15. The largest absolute Gasteiger partial charge is 0.370 e. The molecule has 18 heavy (non-hydrogen) atoms. The van der Waals surface area contributed by atoms with E-state index < -0.39 is 0 Å². The van der Waals surface area contributed by atoms with Crippen molar-refractivity contribution < 1.29 is 4.79 Å². The van der Waals surface area contributed by atoms with E-state index in [1.54, 1.807) is 0 Å². The van der Waals surface area contributed by atoms with E-state index in [0.717, 1.165) is 44.0 Å². The lowest BCUT2D eigenvalue weighted by molar-refractivity contribution is -0.124. The van der Waals surface area contributed by atoms with Crippen LogP contribution >= 0.6 is 0 Å². The van der Waals surface area contributed by atoms with Crippen molar-refractivity contribution in [2.75, 3.05) is 31.5 Å². The summed E-state index contributed by atoms with van der Waals surface area (Å²) in [5, 5.41) is 6.07. The Morgan fingerprint density at radius 2 is 2.39 bits per heavy atom. The molecule has 1 fully saturated rings. The molecule has 0 spiro atoms. The summed E-state index contributed by atoms with van der Waals surface area (Å²) in [6, 6.07) is 4.06. The van der Waals surface area contributed by atoms with Gasteiger partial charge in [-0.25, -0.2) is 4.98 Å². The zero-order valence-corrected chi connectivity index (χ0v) is 10.8. The molecule has 0 radical (unpaired) electrons. The van der Waals surface area contributed by atoms with Crippen LogP contribution in [0.1, 0.15) is 18.9 Å². The average Bonchev–Trinajstić information content (AvgIpc) is 2.38. The van der Waals surface area contributed by atoms with E-state index in [1.165, 1.54) is 0 Å². The number of carbonyl (C=O) groups excluding carboxylic acids is 1. The average molecular weight is 248 g/mol.